The van der Waals surface area contributed by atoms with Crippen LogP contribution in [0, 0.1) is 0 Å². The van der Waals surface area contributed by atoms with E-state index in [1.54, 1.807) is 0 Å². The van der Waals surface area contributed by atoms with Crippen LogP contribution in [-0.4, -0.2) is 43.3 Å². The number of carbonyl (C=O) groups excluding carboxylic acids is 1. The molecular weight excluding hydrogens is 156 g/mol. The van der Waals surface area contributed by atoms with Crippen LogP contribution in [0.4, 0.5) is 0 Å². The molecule has 4 heteroatoms. The van der Waals surface area contributed by atoms with Crippen molar-refractivity contribution in [2.45, 2.75) is 12.8 Å². The number of likely N-dealkylation sites (tertiary alicyclic amines) is 1. The maximum Gasteiger partial charge on any atom is 0.135 e. The molecule has 4 nitrogen and oxygen atoms in total. The van der Waals surface area contributed by atoms with Gasteiger partial charge in [0.2, 0.25) is 0 Å². The van der Waals surface area contributed by atoms with Crippen molar-refractivity contribution < 1.29 is 9.90 Å². The molecule has 0 atom stereocenters. The number of aliphatic imine (C=N–C) groups is 1. The van der Waals surface area contributed by atoms with Crippen LogP contribution in [0.1, 0.15) is 12.8 Å². The summed E-state index contributed by atoms with van der Waals surface area (Å²) in [6, 6.07) is 0. The molecule has 1 fully saturated rings. The Morgan fingerprint density at radius 2 is 2.17 bits per heavy atom. The van der Waals surface area contributed by atoms with Gasteiger partial charge in [-0.15, -0.1) is 0 Å². The molecule has 68 valence electrons. The maximum atomic E-state index is 10.9. The third-order valence-electron chi connectivity index (χ3n) is 2.02. The molecule has 0 aromatic rings. The number of piperidine rings is 1. The van der Waals surface area contributed by atoms with Gasteiger partial charge in [-0.05, 0) is 5.90 Å². The van der Waals surface area contributed by atoms with Gasteiger partial charge in [-0.25, -0.2) is 0 Å². The largest absolute Gasteiger partial charge is 0.861 e. The van der Waals surface area contributed by atoms with E-state index < -0.39 is 0 Å². The first-order valence-electron chi connectivity index (χ1n) is 4.09. The van der Waals surface area contributed by atoms with E-state index in [9.17, 15) is 9.90 Å². The summed E-state index contributed by atoms with van der Waals surface area (Å²) in [7, 11) is 1.50. The van der Waals surface area contributed by atoms with E-state index in [0.29, 0.717) is 38.3 Å². The zero-order valence-electron chi connectivity index (χ0n) is 7.25. The van der Waals surface area contributed by atoms with Crippen LogP contribution >= 0.6 is 0 Å². The Kier molecular flexibility index (Phi) is 3.22. The first-order valence-corrected chi connectivity index (χ1v) is 4.09. The second kappa shape index (κ2) is 4.21. The SMILES string of the molecule is CN=C([O-])CN1CCC(=O)CC1. The van der Waals surface area contributed by atoms with Crippen LogP contribution < -0.4 is 5.11 Å². The van der Waals surface area contributed by atoms with E-state index in [4.69, 9.17) is 0 Å². The van der Waals surface area contributed by atoms with Crippen molar-refractivity contribution >= 4 is 11.7 Å². The molecule has 0 saturated carbocycles. The van der Waals surface area contributed by atoms with Crippen LogP contribution in [0.5, 0.6) is 0 Å². The molecule has 0 spiro atoms. The summed E-state index contributed by atoms with van der Waals surface area (Å²) in [6.45, 7) is 1.78. The Morgan fingerprint density at radius 3 is 2.67 bits per heavy atom. The maximum absolute atomic E-state index is 10.9. The molecule has 0 N–H and O–H groups in total. The predicted molar refractivity (Wildman–Crippen MR) is 44.0 cm³/mol. The molecule has 0 aromatic heterocycles. The molecule has 1 saturated heterocycles. The number of hydrogen-bond donors (Lipinski definition) is 0. The summed E-state index contributed by atoms with van der Waals surface area (Å²) < 4.78 is 0. The van der Waals surface area contributed by atoms with Crippen molar-refractivity contribution in [1.29, 1.82) is 0 Å². The van der Waals surface area contributed by atoms with Gasteiger partial charge in [-0.3, -0.25) is 9.69 Å². The zero-order valence-corrected chi connectivity index (χ0v) is 7.25. The molecule has 1 aliphatic heterocycles. The van der Waals surface area contributed by atoms with Crippen molar-refractivity contribution in [3.8, 4) is 0 Å². The third-order valence-corrected chi connectivity index (χ3v) is 2.02. The Hall–Kier alpha value is -0.900. The summed E-state index contributed by atoms with van der Waals surface area (Å²) in [6.07, 6.45) is 1.16. The van der Waals surface area contributed by atoms with Crippen molar-refractivity contribution in [1.82, 2.24) is 4.90 Å². The van der Waals surface area contributed by atoms with E-state index >= 15 is 0 Å². The predicted octanol–water partition coefficient (Wildman–Crippen LogP) is -0.960. The number of rotatable bonds is 2. The molecule has 1 heterocycles. The molecule has 0 radical (unpaired) electrons. The van der Waals surface area contributed by atoms with Gasteiger partial charge >= 0.3 is 0 Å². The number of ketones is 1. The zero-order chi connectivity index (χ0) is 8.97. The minimum Gasteiger partial charge on any atom is -0.861 e. The lowest BCUT2D eigenvalue weighted by molar-refractivity contribution is -0.220. The van der Waals surface area contributed by atoms with E-state index in [0.717, 1.165) is 0 Å². The van der Waals surface area contributed by atoms with Gasteiger partial charge < -0.3 is 10.1 Å². The van der Waals surface area contributed by atoms with Crippen molar-refractivity contribution in [3.05, 3.63) is 0 Å². The first kappa shape index (κ1) is 9.19. The highest BCUT2D eigenvalue weighted by Gasteiger charge is 2.14. The van der Waals surface area contributed by atoms with Gasteiger partial charge in [0, 0.05) is 39.5 Å². The first-order chi connectivity index (χ1) is 5.72. The summed E-state index contributed by atoms with van der Waals surface area (Å²) >= 11 is 0. The van der Waals surface area contributed by atoms with Gasteiger partial charge in [0.05, 0.1) is 0 Å². The number of hydrogen-bond acceptors (Lipinski definition) is 4. The van der Waals surface area contributed by atoms with E-state index in [2.05, 4.69) is 4.99 Å². The Balaban J connectivity index is 2.31. The monoisotopic (exact) mass is 169 g/mol. The quantitative estimate of drug-likeness (QED) is 0.395. The van der Waals surface area contributed by atoms with E-state index in [-0.39, 0.29) is 5.90 Å². The van der Waals surface area contributed by atoms with Crippen molar-refractivity contribution in [3.63, 3.8) is 0 Å². The molecule has 0 aliphatic carbocycles. The summed E-state index contributed by atoms with van der Waals surface area (Å²) in [5.41, 5.74) is 0. The standard InChI is InChI=1S/C8H14N2O2/c1-9-8(12)6-10-4-2-7(11)3-5-10/h2-6H2,1H3,(H,9,12)/p-1. The minimum atomic E-state index is -0.107. The Labute approximate surface area is 71.9 Å². The molecule has 0 bridgehead atoms. The Bertz CT molecular complexity index is 191. The molecule has 1 rings (SSSR count). The Morgan fingerprint density at radius 1 is 1.58 bits per heavy atom. The summed E-state index contributed by atoms with van der Waals surface area (Å²) in [5.74, 6) is 0.191. The average Bonchev–Trinajstić information content (AvgIpc) is 2.09. The molecule has 0 unspecified atom stereocenters. The summed E-state index contributed by atoms with van der Waals surface area (Å²) in [5, 5.41) is 10.9. The molecule has 1 aliphatic rings. The van der Waals surface area contributed by atoms with E-state index in [1.807, 2.05) is 4.90 Å². The molecule has 0 aromatic carbocycles. The van der Waals surface area contributed by atoms with E-state index in [1.165, 1.54) is 7.05 Å². The van der Waals surface area contributed by atoms with Crippen LogP contribution in [0.15, 0.2) is 4.99 Å². The average molecular weight is 169 g/mol. The summed E-state index contributed by atoms with van der Waals surface area (Å²) in [4.78, 5) is 16.3. The number of carbonyl (C=O) groups is 1. The minimum absolute atomic E-state index is 0.107. The number of Topliss-reactive ketones (excluding diaryl/α,β-unsaturated/α-hetero) is 1. The van der Waals surface area contributed by atoms with Gasteiger partial charge in [-0.1, -0.05) is 0 Å². The second-order valence-electron chi connectivity index (χ2n) is 2.93. The smallest absolute Gasteiger partial charge is 0.135 e. The van der Waals surface area contributed by atoms with Crippen molar-refractivity contribution in [2.24, 2.45) is 4.99 Å². The fourth-order valence-electron chi connectivity index (χ4n) is 1.22. The third kappa shape index (κ3) is 2.62. The molecule has 0 amide bonds. The second-order valence-corrected chi connectivity index (χ2v) is 2.93. The van der Waals surface area contributed by atoms with Gasteiger partial charge in [0.15, 0.2) is 0 Å². The van der Waals surface area contributed by atoms with Gasteiger partial charge in [-0.2, -0.15) is 0 Å². The van der Waals surface area contributed by atoms with Crippen molar-refractivity contribution in [2.75, 3.05) is 26.7 Å². The van der Waals surface area contributed by atoms with Crippen LogP contribution in [0.25, 0.3) is 0 Å². The highest BCUT2D eigenvalue weighted by atomic mass is 16.3. The fourth-order valence-corrected chi connectivity index (χ4v) is 1.22. The fraction of sp³-hybridized carbons (Fsp3) is 0.750. The van der Waals surface area contributed by atoms with Crippen LogP contribution in [0.2, 0.25) is 0 Å². The lowest BCUT2D eigenvalue weighted by atomic mass is 10.1. The molecule has 12 heavy (non-hydrogen) atoms. The number of nitrogens with zero attached hydrogens (tertiary/aromatic N) is 2. The van der Waals surface area contributed by atoms with Crippen LogP contribution in [-0.2, 0) is 4.79 Å². The lowest BCUT2D eigenvalue weighted by Crippen LogP contribution is -2.41. The van der Waals surface area contributed by atoms with Gasteiger partial charge in [0.1, 0.15) is 5.78 Å². The highest BCUT2D eigenvalue weighted by molar-refractivity contribution is 5.80. The highest BCUT2D eigenvalue weighted by Crippen LogP contribution is 2.04. The van der Waals surface area contributed by atoms with Crippen LogP contribution in [0.3, 0.4) is 0 Å². The normalized spacial score (nSPS) is 21.4. The molecular formula is C8H13N2O2-. The van der Waals surface area contributed by atoms with Gasteiger partial charge in [0.25, 0.3) is 0 Å². The lowest BCUT2D eigenvalue weighted by Gasteiger charge is -2.27. The topological polar surface area (TPSA) is 55.7 Å².